The molecule has 0 saturated heterocycles. The highest BCUT2D eigenvalue weighted by atomic mass is 35.5. The van der Waals surface area contributed by atoms with Crippen molar-refractivity contribution in [3.05, 3.63) is 102 Å². The summed E-state index contributed by atoms with van der Waals surface area (Å²) in [5.41, 5.74) is 5.41. The number of aromatic nitrogens is 1. The van der Waals surface area contributed by atoms with Gasteiger partial charge < -0.3 is 0 Å². The average molecular weight is 366 g/mol. The Morgan fingerprint density at radius 3 is 2.04 bits per heavy atom. The van der Waals surface area contributed by atoms with Crippen LogP contribution in [0.25, 0.3) is 44.1 Å². The Hall–Kier alpha value is -3.16. The van der Waals surface area contributed by atoms with E-state index in [-0.39, 0.29) is 0 Å². The highest BCUT2D eigenvalue weighted by molar-refractivity contribution is 6.31. The quantitative estimate of drug-likeness (QED) is 0.297. The molecule has 0 bridgehead atoms. The van der Waals surface area contributed by atoms with Gasteiger partial charge in [-0.15, -0.1) is 0 Å². The zero-order valence-electron chi connectivity index (χ0n) is 14.6. The summed E-state index contributed by atoms with van der Waals surface area (Å²) in [5, 5.41) is 4.18. The van der Waals surface area contributed by atoms with Crippen LogP contribution < -0.4 is 0 Å². The first kappa shape index (κ1) is 16.0. The molecule has 1 aromatic heterocycles. The van der Waals surface area contributed by atoms with Crippen LogP contribution in [0.5, 0.6) is 0 Å². The molecule has 0 atom stereocenters. The van der Waals surface area contributed by atoms with Gasteiger partial charge in [0.25, 0.3) is 0 Å². The molecule has 4 aromatic carbocycles. The van der Waals surface area contributed by atoms with Crippen LogP contribution in [0, 0.1) is 0 Å². The number of pyridine rings is 1. The number of hydrogen-bond acceptors (Lipinski definition) is 1. The molecule has 0 aliphatic carbocycles. The number of fused-ring (bicyclic) bond motifs is 3. The lowest BCUT2D eigenvalue weighted by atomic mass is 9.93. The van der Waals surface area contributed by atoms with Crippen LogP contribution in [-0.2, 0) is 0 Å². The second-order valence-corrected chi connectivity index (χ2v) is 7.02. The molecule has 1 nitrogen and oxygen atoms in total. The summed E-state index contributed by atoms with van der Waals surface area (Å²) in [5.74, 6) is 0. The maximum Gasteiger partial charge on any atom is 0.0788 e. The molecule has 0 radical (unpaired) electrons. The van der Waals surface area contributed by atoms with Gasteiger partial charge in [0.2, 0.25) is 0 Å². The zero-order valence-corrected chi connectivity index (χ0v) is 15.3. The van der Waals surface area contributed by atoms with Crippen LogP contribution in [0.4, 0.5) is 0 Å². The van der Waals surface area contributed by atoms with Crippen LogP contribution in [0.3, 0.4) is 0 Å². The number of benzene rings is 4. The van der Waals surface area contributed by atoms with E-state index in [0.29, 0.717) is 5.02 Å². The molecule has 0 fully saturated rings. The predicted octanol–water partition coefficient (Wildman–Crippen LogP) is 7.38. The molecule has 2 heteroatoms. The first-order chi connectivity index (χ1) is 13.3. The van der Waals surface area contributed by atoms with Gasteiger partial charge >= 0.3 is 0 Å². The van der Waals surface area contributed by atoms with Gasteiger partial charge in [-0.05, 0) is 23.3 Å². The van der Waals surface area contributed by atoms with Gasteiger partial charge in [-0.25, -0.2) is 4.98 Å². The maximum absolute atomic E-state index is 6.28. The second kappa shape index (κ2) is 6.53. The van der Waals surface area contributed by atoms with E-state index in [1.165, 1.54) is 16.5 Å². The summed E-state index contributed by atoms with van der Waals surface area (Å²) in [4.78, 5) is 4.98. The molecule has 0 saturated carbocycles. The number of nitrogens with zero attached hydrogens (tertiary/aromatic N) is 1. The van der Waals surface area contributed by atoms with Crippen LogP contribution >= 0.6 is 11.6 Å². The molecule has 0 aliphatic rings. The van der Waals surface area contributed by atoms with Gasteiger partial charge in [-0.3, -0.25) is 0 Å². The highest BCUT2D eigenvalue weighted by Gasteiger charge is 2.14. The van der Waals surface area contributed by atoms with E-state index < -0.39 is 0 Å². The van der Waals surface area contributed by atoms with E-state index in [1.807, 2.05) is 36.4 Å². The summed E-state index contributed by atoms with van der Waals surface area (Å²) in [6.45, 7) is 0. The minimum atomic E-state index is 0.700. The fourth-order valence-corrected chi connectivity index (χ4v) is 3.87. The molecular formula is C25H16ClN. The van der Waals surface area contributed by atoms with Gasteiger partial charge in [0, 0.05) is 26.7 Å². The van der Waals surface area contributed by atoms with Crippen molar-refractivity contribution >= 4 is 33.3 Å². The number of rotatable bonds is 2. The number of hydrogen-bond donors (Lipinski definition) is 0. The predicted molar refractivity (Wildman–Crippen MR) is 115 cm³/mol. The van der Waals surface area contributed by atoms with Crippen molar-refractivity contribution < 1.29 is 0 Å². The SMILES string of the molecule is Clc1ccc2c(c1)nc(-c1ccccc1)c1cccc(-c3ccccc3)c12. The molecule has 0 aliphatic heterocycles. The van der Waals surface area contributed by atoms with Crippen LogP contribution in [0.15, 0.2) is 97.1 Å². The van der Waals surface area contributed by atoms with Gasteiger partial charge in [-0.2, -0.15) is 0 Å². The largest absolute Gasteiger partial charge is 0.247 e. The standard InChI is InChI=1S/C25H16ClN/c26-19-14-15-21-23(16-19)27-25(18-10-5-2-6-11-18)22-13-7-12-20(24(21)22)17-8-3-1-4-9-17/h1-16H. The minimum Gasteiger partial charge on any atom is -0.247 e. The topological polar surface area (TPSA) is 12.9 Å². The lowest BCUT2D eigenvalue weighted by molar-refractivity contribution is 1.43. The first-order valence-corrected chi connectivity index (χ1v) is 9.32. The second-order valence-electron chi connectivity index (χ2n) is 6.58. The lowest BCUT2D eigenvalue weighted by Crippen LogP contribution is -1.92. The zero-order chi connectivity index (χ0) is 18.2. The number of halogens is 1. The smallest absolute Gasteiger partial charge is 0.0788 e. The van der Waals surface area contributed by atoms with E-state index in [4.69, 9.17) is 16.6 Å². The molecule has 0 N–H and O–H groups in total. The fourth-order valence-electron chi connectivity index (χ4n) is 3.70. The third-order valence-electron chi connectivity index (χ3n) is 4.91. The van der Waals surface area contributed by atoms with Gasteiger partial charge in [0.1, 0.15) is 0 Å². The molecule has 27 heavy (non-hydrogen) atoms. The molecule has 0 unspecified atom stereocenters. The first-order valence-electron chi connectivity index (χ1n) is 8.94. The fraction of sp³-hybridized carbons (Fsp3) is 0. The normalized spacial score (nSPS) is 11.1. The van der Waals surface area contributed by atoms with Crippen molar-refractivity contribution in [2.45, 2.75) is 0 Å². The Morgan fingerprint density at radius 2 is 1.30 bits per heavy atom. The van der Waals surface area contributed by atoms with Gasteiger partial charge in [0.05, 0.1) is 11.2 Å². The third kappa shape index (κ3) is 2.77. The Bertz CT molecular complexity index is 1260. The molecule has 5 rings (SSSR count). The van der Waals surface area contributed by atoms with Crippen molar-refractivity contribution in [3.63, 3.8) is 0 Å². The molecule has 0 amide bonds. The van der Waals surface area contributed by atoms with Crippen molar-refractivity contribution in [2.75, 3.05) is 0 Å². The lowest BCUT2D eigenvalue weighted by Gasteiger charge is -2.14. The summed E-state index contributed by atoms with van der Waals surface area (Å²) in [6, 6.07) is 33.2. The summed E-state index contributed by atoms with van der Waals surface area (Å²) < 4.78 is 0. The van der Waals surface area contributed by atoms with Crippen molar-refractivity contribution in [1.82, 2.24) is 4.98 Å². The van der Waals surface area contributed by atoms with Crippen LogP contribution in [0.1, 0.15) is 0 Å². The average Bonchev–Trinajstić information content (AvgIpc) is 2.73. The summed E-state index contributed by atoms with van der Waals surface area (Å²) >= 11 is 6.28. The van der Waals surface area contributed by atoms with E-state index in [1.54, 1.807) is 0 Å². The Morgan fingerprint density at radius 1 is 0.593 bits per heavy atom. The third-order valence-corrected chi connectivity index (χ3v) is 5.15. The maximum atomic E-state index is 6.28. The van der Waals surface area contributed by atoms with E-state index in [2.05, 4.69) is 60.7 Å². The van der Waals surface area contributed by atoms with Crippen LogP contribution in [-0.4, -0.2) is 4.98 Å². The Balaban J connectivity index is 1.97. The molecular weight excluding hydrogens is 350 g/mol. The van der Waals surface area contributed by atoms with Crippen molar-refractivity contribution in [1.29, 1.82) is 0 Å². The Labute approximate surface area is 162 Å². The summed E-state index contributed by atoms with van der Waals surface area (Å²) in [6.07, 6.45) is 0. The molecule has 0 spiro atoms. The van der Waals surface area contributed by atoms with E-state index >= 15 is 0 Å². The van der Waals surface area contributed by atoms with Gasteiger partial charge in [-0.1, -0.05) is 96.5 Å². The summed E-state index contributed by atoms with van der Waals surface area (Å²) in [7, 11) is 0. The Kier molecular flexibility index (Phi) is 3.88. The van der Waals surface area contributed by atoms with E-state index in [0.717, 1.165) is 27.5 Å². The van der Waals surface area contributed by atoms with Crippen LogP contribution in [0.2, 0.25) is 5.02 Å². The van der Waals surface area contributed by atoms with E-state index in [9.17, 15) is 0 Å². The minimum absolute atomic E-state index is 0.700. The van der Waals surface area contributed by atoms with Crippen molar-refractivity contribution in [2.24, 2.45) is 0 Å². The van der Waals surface area contributed by atoms with Crippen molar-refractivity contribution in [3.8, 4) is 22.4 Å². The highest BCUT2D eigenvalue weighted by Crippen LogP contribution is 2.38. The molecule has 1 heterocycles. The van der Waals surface area contributed by atoms with Gasteiger partial charge in [0.15, 0.2) is 0 Å². The molecule has 5 aromatic rings. The molecule has 128 valence electrons. The monoisotopic (exact) mass is 365 g/mol.